The van der Waals surface area contributed by atoms with E-state index in [-0.39, 0.29) is 12.5 Å². The third kappa shape index (κ3) is 5.20. The van der Waals surface area contributed by atoms with Crippen molar-refractivity contribution in [2.24, 2.45) is 0 Å². The van der Waals surface area contributed by atoms with Crippen molar-refractivity contribution >= 4 is 29.4 Å². The van der Waals surface area contributed by atoms with Crippen molar-refractivity contribution in [1.82, 2.24) is 0 Å². The number of carbonyl (C=O) groups excluding carboxylic acids is 1. The Kier molecular flexibility index (Phi) is 6.28. The van der Waals surface area contributed by atoms with Crippen molar-refractivity contribution in [1.29, 1.82) is 5.26 Å². The quantitative estimate of drug-likeness (QED) is 0.645. The molecule has 0 spiro atoms. The summed E-state index contributed by atoms with van der Waals surface area (Å²) in [6.45, 7) is 0.0203. The highest BCUT2D eigenvalue weighted by molar-refractivity contribution is 7.98. The molecule has 0 unspecified atom stereocenters. The van der Waals surface area contributed by atoms with Crippen LogP contribution >= 0.6 is 11.8 Å². The van der Waals surface area contributed by atoms with Crippen LogP contribution in [-0.4, -0.2) is 18.8 Å². The number of para-hydroxylation sites is 1. The molecule has 23 heavy (non-hydrogen) atoms. The number of nitrogens with one attached hydrogen (secondary N) is 1. The predicted octanol–water partition coefficient (Wildman–Crippen LogP) is 3.96. The highest BCUT2D eigenvalue weighted by Gasteiger charge is 2.02. The van der Waals surface area contributed by atoms with E-state index in [1.165, 1.54) is 6.08 Å². The van der Waals surface area contributed by atoms with E-state index in [1.807, 2.05) is 48.7 Å². The van der Waals surface area contributed by atoms with Crippen molar-refractivity contribution < 1.29 is 9.53 Å². The van der Waals surface area contributed by atoms with Gasteiger partial charge in [0.25, 0.3) is 0 Å². The van der Waals surface area contributed by atoms with Crippen LogP contribution in [0.2, 0.25) is 0 Å². The third-order valence-electron chi connectivity index (χ3n) is 2.98. The van der Waals surface area contributed by atoms with Crippen molar-refractivity contribution in [3.8, 4) is 11.8 Å². The number of benzene rings is 2. The van der Waals surface area contributed by atoms with Gasteiger partial charge in [-0.2, -0.15) is 5.26 Å². The number of anilines is 1. The molecule has 0 saturated carbocycles. The van der Waals surface area contributed by atoms with Gasteiger partial charge in [0, 0.05) is 11.0 Å². The molecule has 1 amide bonds. The first-order valence-corrected chi connectivity index (χ1v) is 8.17. The molecule has 2 rings (SSSR count). The van der Waals surface area contributed by atoms with Gasteiger partial charge in [0.1, 0.15) is 11.8 Å². The van der Waals surface area contributed by atoms with Crippen LogP contribution in [0.1, 0.15) is 5.56 Å². The smallest absolute Gasteiger partial charge is 0.248 e. The molecule has 0 heterocycles. The maximum atomic E-state index is 12.0. The summed E-state index contributed by atoms with van der Waals surface area (Å²) in [5.41, 5.74) is 1.68. The van der Waals surface area contributed by atoms with Gasteiger partial charge >= 0.3 is 0 Å². The van der Waals surface area contributed by atoms with E-state index in [0.29, 0.717) is 5.75 Å². The molecule has 2 aromatic carbocycles. The minimum absolute atomic E-state index is 0.0203. The van der Waals surface area contributed by atoms with E-state index in [1.54, 1.807) is 30.0 Å². The third-order valence-corrected chi connectivity index (χ3v) is 3.77. The second kappa shape index (κ2) is 8.66. The summed E-state index contributed by atoms with van der Waals surface area (Å²) in [5, 5.41) is 11.3. The molecule has 5 heteroatoms. The van der Waals surface area contributed by atoms with E-state index in [4.69, 9.17) is 10.00 Å². The van der Waals surface area contributed by atoms with Crippen LogP contribution in [0.15, 0.2) is 59.5 Å². The average Bonchev–Trinajstić information content (AvgIpc) is 2.59. The van der Waals surface area contributed by atoms with Crippen LogP contribution in [0.3, 0.4) is 0 Å². The molecule has 0 aromatic heterocycles. The summed E-state index contributed by atoms with van der Waals surface area (Å²) in [4.78, 5) is 13.0. The molecule has 0 bridgehead atoms. The molecular formula is C18H16N2O2S. The maximum absolute atomic E-state index is 12.0. The fourth-order valence-corrected chi connectivity index (χ4v) is 2.44. The lowest BCUT2D eigenvalue weighted by atomic mass is 10.2. The van der Waals surface area contributed by atoms with Crippen LogP contribution in [0.5, 0.6) is 5.75 Å². The van der Waals surface area contributed by atoms with E-state index in [2.05, 4.69) is 5.32 Å². The number of carbonyl (C=O) groups is 1. The van der Waals surface area contributed by atoms with Crippen molar-refractivity contribution in [3.63, 3.8) is 0 Å². The average molecular weight is 324 g/mol. The van der Waals surface area contributed by atoms with E-state index in [0.717, 1.165) is 16.1 Å². The Hall–Kier alpha value is -2.71. The van der Waals surface area contributed by atoms with Crippen LogP contribution in [0.25, 0.3) is 6.08 Å². The van der Waals surface area contributed by atoms with E-state index >= 15 is 0 Å². The van der Waals surface area contributed by atoms with Crippen LogP contribution < -0.4 is 10.1 Å². The number of nitriles is 1. The van der Waals surface area contributed by atoms with Crippen LogP contribution in [0.4, 0.5) is 5.69 Å². The van der Waals surface area contributed by atoms with Gasteiger partial charge in [0.15, 0.2) is 6.61 Å². The van der Waals surface area contributed by atoms with Gasteiger partial charge in [-0.25, -0.2) is 0 Å². The minimum atomic E-state index is -0.184. The Morgan fingerprint density at radius 3 is 2.70 bits per heavy atom. The lowest BCUT2D eigenvalue weighted by Crippen LogP contribution is -2.08. The second-order valence-corrected chi connectivity index (χ2v) is 5.39. The molecular weight excluding hydrogens is 308 g/mol. The number of nitrogens with zero attached hydrogens (tertiary/aromatic N) is 1. The Labute approximate surface area is 139 Å². The van der Waals surface area contributed by atoms with Crippen molar-refractivity contribution in [2.45, 2.75) is 4.90 Å². The Balaban J connectivity index is 1.97. The molecule has 0 radical (unpaired) electrons. The molecule has 0 aliphatic heterocycles. The topological polar surface area (TPSA) is 62.1 Å². The summed E-state index contributed by atoms with van der Waals surface area (Å²) < 4.78 is 5.17. The summed E-state index contributed by atoms with van der Waals surface area (Å²) in [5.74, 6) is 0.443. The van der Waals surface area contributed by atoms with E-state index < -0.39 is 0 Å². The minimum Gasteiger partial charge on any atom is -0.479 e. The molecule has 0 aliphatic rings. The fourth-order valence-electron chi connectivity index (χ4n) is 1.88. The first-order valence-electron chi connectivity index (χ1n) is 6.95. The zero-order valence-electron chi connectivity index (χ0n) is 12.7. The van der Waals surface area contributed by atoms with Crippen molar-refractivity contribution in [2.75, 3.05) is 18.2 Å². The number of ether oxygens (including phenoxy) is 1. The summed E-state index contributed by atoms with van der Waals surface area (Å²) in [6, 6.07) is 16.7. The van der Waals surface area contributed by atoms with Crippen LogP contribution in [0, 0.1) is 11.3 Å². The first-order chi connectivity index (χ1) is 11.2. The van der Waals surface area contributed by atoms with Gasteiger partial charge in [0.05, 0.1) is 5.69 Å². The molecule has 1 N–H and O–H groups in total. The zero-order valence-corrected chi connectivity index (χ0v) is 13.5. The molecule has 0 atom stereocenters. The lowest BCUT2D eigenvalue weighted by molar-refractivity contribution is -0.111. The number of thioether (sulfide) groups is 1. The monoisotopic (exact) mass is 324 g/mol. The van der Waals surface area contributed by atoms with Gasteiger partial charge in [-0.3, -0.25) is 4.79 Å². The number of rotatable bonds is 6. The molecule has 0 aliphatic carbocycles. The Morgan fingerprint density at radius 2 is 2.00 bits per heavy atom. The largest absolute Gasteiger partial charge is 0.479 e. The predicted molar refractivity (Wildman–Crippen MR) is 93.4 cm³/mol. The number of hydrogen-bond donors (Lipinski definition) is 1. The number of hydrogen-bond acceptors (Lipinski definition) is 4. The molecule has 4 nitrogen and oxygen atoms in total. The summed E-state index contributed by atoms with van der Waals surface area (Å²) >= 11 is 1.58. The van der Waals surface area contributed by atoms with Gasteiger partial charge in [-0.1, -0.05) is 24.3 Å². The second-order valence-electron chi connectivity index (χ2n) is 4.54. The van der Waals surface area contributed by atoms with Gasteiger partial charge in [-0.05, 0) is 42.2 Å². The van der Waals surface area contributed by atoms with Gasteiger partial charge in [-0.15, -0.1) is 11.8 Å². The van der Waals surface area contributed by atoms with Crippen LogP contribution in [-0.2, 0) is 4.79 Å². The normalized spacial score (nSPS) is 10.3. The Morgan fingerprint density at radius 1 is 1.26 bits per heavy atom. The molecule has 116 valence electrons. The Bertz CT molecular complexity index is 733. The molecule has 0 saturated heterocycles. The first kappa shape index (κ1) is 16.7. The standard InChI is InChI=1S/C18H16N2O2S/c1-23-17-5-3-2-4-16(17)20-18(21)11-8-14-6-9-15(10-7-14)22-13-12-19/h2-11H,13H2,1H3,(H,20,21)/b11-8+. The van der Waals surface area contributed by atoms with E-state index in [9.17, 15) is 4.79 Å². The highest BCUT2D eigenvalue weighted by Crippen LogP contribution is 2.24. The van der Waals surface area contributed by atoms with Gasteiger partial charge in [0.2, 0.25) is 5.91 Å². The maximum Gasteiger partial charge on any atom is 0.248 e. The van der Waals surface area contributed by atoms with Gasteiger partial charge < -0.3 is 10.1 Å². The van der Waals surface area contributed by atoms with Crippen molar-refractivity contribution in [3.05, 3.63) is 60.2 Å². The SMILES string of the molecule is CSc1ccccc1NC(=O)/C=C/c1ccc(OCC#N)cc1. The summed E-state index contributed by atoms with van der Waals surface area (Å²) in [7, 11) is 0. The fraction of sp³-hybridized carbons (Fsp3) is 0.111. The lowest BCUT2D eigenvalue weighted by Gasteiger charge is -2.07. The highest BCUT2D eigenvalue weighted by atomic mass is 32.2. The summed E-state index contributed by atoms with van der Waals surface area (Å²) in [6.07, 6.45) is 5.18. The molecule has 0 fully saturated rings. The number of amides is 1. The zero-order chi connectivity index (χ0) is 16.5. The molecule has 2 aromatic rings.